The van der Waals surface area contributed by atoms with Gasteiger partial charge in [0.25, 0.3) is 0 Å². The van der Waals surface area contributed by atoms with Crippen LogP contribution >= 0.6 is 0 Å². The zero-order valence-electron chi connectivity index (χ0n) is 8.74. The Balaban J connectivity index is 0. The zero-order chi connectivity index (χ0) is 8.74. The largest absolute Gasteiger partial charge is 1.00 e. The first-order chi connectivity index (χ1) is 5.24. The molecule has 0 atom stereocenters. The van der Waals surface area contributed by atoms with Gasteiger partial charge in [-0.1, -0.05) is 20.8 Å². The number of hydrogen-bond acceptors (Lipinski definition) is 1. The smallest absolute Gasteiger partial charge is 0.691 e. The topological polar surface area (TPSA) is 9.23 Å². The van der Waals surface area contributed by atoms with Gasteiger partial charge in [0.2, 0.25) is 0 Å². The Hall–Kier alpha value is 0.334. The molecule has 12 heavy (non-hydrogen) atoms. The molecule has 1 nitrogen and oxygen atoms in total. The van der Waals surface area contributed by atoms with Crippen LogP contribution in [0, 0.1) is 12.3 Å². The first kappa shape index (κ1) is 14.8. The standard InChI is InChI=1S/C9H17OSi.Li/c1-5-9-10-11(6-2,7-3)8-4;/h6-9H2,2-4H3;/q-1;+1. The molecule has 0 bridgehead atoms. The Morgan fingerprint density at radius 3 is 1.83 bits per heavy atom. The average Bonchev–Trinajstić information content (AvgIpc) is 2.08. The van der Waals surface area contributed by atoms with E-state index in [2.05, 4.69) is 26.7 Å². The Labute approximate surface area is 89.6 Å². The quantitative estimate of drug-likeness (QED) is 0.315. The van der Waals surface area contributed by atoms with E-state index in [-0.39, 0.29) is 18.9 Å². The monoisotopic (exact) mass is 176 g/mol. The fourth-order valence-corrected chi connectivity index (χ4v) is 3.74. The van der Waals surface area contributed by atoms with Crippen LogP contribution < -0.4 is 18.9 Å². The van der Waals surface area contributed by atoms with Crippen molar-refractivity contribution >= 4 is 8.32 Å². The fraction of sp³-hybridized carbons (Fsp3) is 0.778. The summed E-state index contributed by atoms with van der Waals surface area (Å²) >= 11 is 0. The molecule has 0 aromatic carbocycles. The maximum absolute atomic E-state index is 6.76. The fourth-order valence-electron chi connectivity index (χ4n) is 1.25. The summed E-state index contributed by atoms with van der Waals surface area (Å²) in [5, 5.41) is 0. The van der Waals surface area contributed by atoms with Crippen LogP contribution in [0.25, 0.3) is 0 Å². The van der Waals surface area contributed by atoms with Crippen LogP contribution in [-0.4, -0.2) is 14.9 Å². The SMILES string of the molecule is [C-]#CCO[Si](CC)(CC)CC.[Li+]. The van der Waals surface area contributed by atoms with Gasteiger partial charge in [0, 0.05) is 0 Å². The molecule has 0 radical (unpaired) electrons. The van der Waals surface area contributed by atoms with Crippen LogP contribution in [0.15, 0.2) is 0 Å². The van der Waals surface area contributed by atoms with Crippen molar-refractivity contribution in [3.63, 3.8) is 0 Å². The second-order valence-corrected chi connectivity index (χ2v) is 7.49. The predicted octanol–water partition coefficient (Wildman–Crippen LogP) is -0.398. The van der Waals surface area contributed by atoms with Crippen LogP contribution in [0.4, 0.5) is 0 Å². The molecule has 0 N–H and O–H groups in total. The minimum Gasteiger partial charge on any atom is -0.691 e. The molecule has 0 saturated heterocycles. The van der Waals surface area contributed by atoms with Crippen molar-refractivity contribution in [2.45, 2.75) is 38.9 Å². The maximum Gasteiger partial charge on any atom is 1.00 e. The molecule has 0 saturated carbocycles. The van der Waals surface area contributed by atoms with Crippen LogP contribution in [0.5, 0.6) is 0 Å². The average molecular weight is 176 g/mol. The third-order valence-corrected chi connectivity index (χ3v) is 7.01. The van der Waals surface area contributed by atoms with E-state index in [9.17, 15) is 0 Å². The van der Waals surface area contributed by atoms with Crippen molar-refractivity contribution in [1.82, 2.24) is 0 Å². The van der Waals surface area contributed by atoms with Gasteiger partial charge in [0.1, 0.15) is 0 Å². The van der Waals surface area contributed by atoms with E-state index in [0.717, 1.165) is 18.1 Å². The van der Waals surface area contributed by atoms with E-state index >= 15 is 0 Å². The van der Waals surface area contributed by atoms with Crippen molar-refractivity contribution in [3.8, 4) is 5.92 Å². The van der Waals surface area contributed by atoms with Gasteiger partial charge in [0.05, 0.1) is 6.61 Å². The molecule has 0 fully saturated rings. The van der Waals surface area contributed by atoms with Crippen molar-refractivity contribution in [1.29, 1.82) is 0 Å². The van der Waals surface area contributed by atoms with E-state index in [4.69, 9.17) is 10.8 Å². The molecule has 3 heteroatoms. The van der Waals surface area contributed by atoms with E-state index in [1.807, 2.05) is 0 Å². The minimum absolute atomic E-state index is 0. The maximum atomic E-state index is 6.76. The van der Waals surface area contributed by atoms with Crippen molar-refractivity contribution < 1.29 is 23.3 Å². The predicted molar refractivity (Wildman–Crippen MR) is 50.3 cm³/mol. The van der Waals surface area contributed by atoms with Gasteiger partial charge in [-0.15, -0.1) is 0 Å². The van der Waals surface area contributed by atoms with E-state index in [1.54, 1.807) is 0 Å². The van der Waals surface area contributed by atoms with Crippen molar-refractivity contribution in [2.24, 2.45) is 0 Å². The summed E-state index contributed by atoms with van der Waals surface area (Å²) in [6.45, 7) is 6.94. The Kier molecular flexibility index (Phi) is 9.84. The summed E-state index contributed by atoms with van der Waals surface area (Å²) in [5.74, 6) is 2.29. The first-order valence-electron chi connectivity index (χ1n) is 4.28. The third kappa shape index (κ3) is 4.38. The number of hydrogen-bond donors (Lipinski definition) is 0. The van der Waals surface area contributed by atoms with Crippen LogP contribution in [0.1, 0.15) is 20.8 Å². The summed E-state index contributed by atoms with van der Waals surface area (Å²) in [4.78, 5) is 0. The van der Waals surface area contributed by atoms with Gasteiger partial charge in [-0.3, -0.25) is 0 Å². The summed E-state index contributed by atoms with van der Waals surface area (Å²) in [5.41, 5.74) is 0. The summed E-state index contributed by atoms with van der Waals surface area (Å²) in [6.07, 6.45) is 6.76. The molecule has 0 aromatic rings. The molecule has 64 valence electrons. The normalized spacial score (nSPS) is 10.2. The second-order valence-electron chi connectivity index (χ2n) is 2.71. The molecule has 0 aliphatic carbocycles. The molecular weight excluding hydrogens is 159 g/mol. The molecule has 0 amide bonds. The van der Waals surface area contributed by atoms with Gasteiger partial charge in [-0.2, -0.15) is 0 Å². The van der Waals surface area contributed by atoms with Gasteiger partial charge < -0.3 is 16.8 Å². The van der Waals surface area contributed by atoms with Crippen LogP contribution in [-0.2, 0) is 4.43 Å². The van der Waals surface area contributed by atoms with E-state index in [1.165, 1.54) is 0 Å². The number of rotatable bonds is 5. The summed E-state index contributed by atoms with van der Waals surface area (Å²) < 4.78 is 5.67. The zero-order valence-corrected chi connectivity index (χ0v) is 9.74. The van der Waals surface area contributed by atoms with E-state index < -0.39 is 8.32 Å². The molecule has 0 heterocycles. The molecule has 0 aromatic heterocycles. The van der Waals surface area contributed by atoms with Crippen LogP contribution in [0.3, 0.4) is 0 Å². The van der Waals surface area contributed by atoms with Gasteiger partial charge in [-0.25, -0.2) is 0 Å². The first-order valence-corrected chi connectivity index (χ1v) is 6.81. The van der Waals surface area contributed by atoms with Crippen molar-refractivity contribution in [3.05, 3.63) is 6.42 Å². The molecule has 0 unspecified atom stereocenters. The van der Waals surface area contributed by atoms with E-state index in [0.29, 0.717) is 6.61 Å². The van der Waals surface area contributed by atoms with Gasteiger partial charge in [-0.05, 0) is 18.1 Å². The van der Waals surface area contributed by atoms with Gasteiger partial charge >= 0.3 is 18.9 Å². The molecule has 0 aliphatic heterocycles. The Morgan fingerprint density at radius 1 is 1.17 bits per heavy atom. The molecule has 0 rings (SSSR count). The molecule has 0 spiro atoms. The molecule has 0 aliphatic rings. The third-order valence-electron chi connectivity index (χ3n) is 2.38. The van der Waals surface area contributed by atoms with Gasteiger partial charge in [0.15, 0.2) is 8.32 Å². The summed E-state index contributed by atoms with van der Waals surface area (Å²) in [6, 6.07) is 3.46. The second kappa shape index (κ2) is 7.96. The van der Waals surface area contributed by atoms with Crippen molar-refractivity contribution in [2.75, 3.05) is 6.61 Å². The minimum atomic E-state index is -1.42. The summed E-state index contributed by atoms with van der Waals surface area (Å²) in [7, 11) is -1.42. The Bertz CT molecular complexity index is 130. The van der Waals surface area contributed by atoms with Crippen LogP contribution in [0.2, 0.25) is 18.1 Å². The molecular formula is C9H17LiOSi. The Morgan fingerprint density at radius 2 is 1.58 bits per heavy atom.